The first-order valence-corrected chi connectivity index (χ1v) is 4.44. The molecule has 0 heterocycles. The molecule has 0 bridgehead atoms. The standard InChI is InChI=1S/C8H7FN2OS2.K/c9-6-3-1-5(2-4-6)7(12)10-11-8(13)14;/h1-4H,(H,10,12)(H2,11,13,14);/q;+1/p-1. The van der Waals surface area contributed by atoms with Crippen molar-refractivity contribution in [3.05, 3.63) is 35.6 Å². The molecule has 0 radical (unpaired) electrons. The number of hydrogen-bond acceptors (Lipinski definition) is 3. The summed E-state index contributed by atoms with van der Waals surface area (Å²) in [6.45, 7) is 0. The largest absolute Gasteiger partial charge is 1.00 e. The number of thiocarbonyl (C=S) groups is 1. The second-order valence-electron chi connectivity index (χ2n) is 2.37. The van der Waals surface area contributed by atoms with Gasteiger partial charge >= 0.3 is 51.4 Å². The molecule has 74 valence electrons. The van der Waals surface area contributed by atoms with Crippen molar-refractivity contribution in [2.24, 2.45) is 0 Å². The summed E-state index contributed by atoms with van der Waals surface area (Å²) in [7, 11) is 0. The van der Waals surface area contributed by atoms with E-state index in [9.17, 15) is 9.18 Å². The van der Waals surface area contributed by atoms with Crippen LogP contribution in [0.2, 0.25) is 0 Å². The third-order valence-corrected chi connectivity index (χ3v) is 1.59. The zero-order chi connectivity index (χ0) is 10.6. The Kier molecular flexibility index (Phi) is 7.79. The average Bonchev–Trinajstić information content (AvgIpc) is 2.15. The first kappa shape index (κ1) is 15.4. The van der Waals surface area contributed by atoms with Crippen molar-refractivity contribution in [3.63, 3.8) is 0 Å². The Balaban J connectivity index is 0.00000196. The number of hydrazine groups is 1. The van der Waals surface area contributed by atoms with Gasteiger partial charge in [0.15, 0.2) is 0 Å². The molecule has 7 heteroatoms. The number of benzene rings is 1. The van der Waals surface area contributed by atoms with Gasteiger partial charge in [0, 0.05) is 5.56 Å². The third kappa shape index (κ3) is 5.86. The van der Waals surface area contributed by atoms with Crippen LogP contribution in [0.3, 0.4) is 0 Å². The Morgan fingerprint density at radius 1 is 1.27 bits per heavy atom. The fraction of sp³-hybridized carbons (Fsp3) is 0. The Morgan fingerprint density at radius 3 is 2.27 bits per heavy atom. The molecule has 0 fully saturated rings. The van der Waals surface area contributed by atoms with Gasteiger partial charge in [-0.3, -0.25) is 10.2 Å². The molecular formula is C8H6FKN2OS2. The Labute approximate surface area is 140 Å². The number of carbonyl (C=O) groups excluding carboxylic acids is 1. The van der Waals surface area contributed by atoms with Crippen LogP contribution in [0, 0.1) is 5.82 Å². The van der Waals surface area contributed by atoms with Gasteiger partial charge in [-0.2, -0.15) is 0 Å². The predicted octanol–water partition coefficient (Wildman–Crippen LogP) is -2.10. The van der Waals surface area contributed by atoms with Crippen LogP contribution in [0.15, 0.2) is 24.3 Å². The van der Waals surface area contributed by atoms with Crippen molar-refractivity contribution >= 4 is 35.1 Å². The molecule has 1 aromatic rings. The number of carbonyl (C=O) groups is 1. The molecule has 1 aromatic carbocycles. The smallest absolute Gasteiger partial charge is 0.410 e. The normalized spacial score (nSPS) is 8.60. The first-order chi connectivity index (χ1) is 6.59. The maximum Gasteiger partial charge on any atom is 1.00 e. The minimum absolute atomic E-state index is 0. The van der Waals surface area contributed by atoms with Crippen LogP contribution in [0.1, 0.15) is 10.4 Å². The fourth-order valence-electron chi connectivity index (χ4n) is 0.781. The van der Waals surface area contributed by atoms with E-state index >= 15 is 0 Å². The van der Waals surface area contributed by atoms with Gasteiger partial charge in [0.2, 0.25) is 0 Å². The van der Waals surface area contributed by atoms with Gasteiger partial charge in [-0.25, -0.2) is 4.39 Å². The van der Waals surface area contributed by atoms with Gasteiger partial charge in [0.05, 0.1) is 0 Å². The molecule has 0 atom stereocenters. The Bertz CT molecular complexity index is 358. The summed E-state index contributed by atoms with van der Waals surface area (Å²) < 4.78 is 12.5. The summed E-state index contributed by atoms with van der Waals surface area (Å²) in [4.78, 5) is 11.3. The predicted molar refractivity (Wildman–Crippen MR) is 57.0 cm³/mol. The van der Waals surface area contributed by atoms with E-state index in [1.807, 2.05) is 0 Å². The zero-order valence-electron chi connectivity index (χ0n) is 7.91. The van der Waals surface area contributed by atoms with E-state index in [4.69, 9.17) is 0 Å². The minimum Gasteiger partial charge on any atom is -0.410 e. The van der Waals surface area contributed by atoms with Crippen molar-refractivity contribution in [1.29, 1.82) is 0 Å². The van der Waals surface area contributed by atoms with Crippen molar-refractivity contribution in [2.45, 2.75) is 0 Å². The summed E-state index contributed by atoms with van der Waals surface area (Å²) in [5, 5.41) is 0. The van der Waals surface area contributed by atoms with Crippen LogP contribution < -0.4 is 62.2 Å². The zero-order valence-corrected chi connectivity index (χ0v) is 12.7. The number of halogens is 1. The molecule has 1 amide bonds. The van der Waals surface area contributed by atoms with Crippen molar-refractivity contribution in [1.82, 2.24) is 10.9 Å². The van der Waals surface area contributed by atoms with E-state index in [0.717, 1.165) is 0 Å². The van der Waals surface area contributed by atoms with Crippen LogP contribution in [0.4, 0.5) is 4.39 Å². The molecule has 0 unspecified atom stereocenters. The van der Waals surface area contributed by atoms with E-state index in [2.05, 4.69) is 35.7 Å². The van der Waals surface area contributed by atoms with Crippen molar-refractivity contribution in [3.8, 4) is 0 Å². The van der Waals surface area contributed by atoms with E-state index in [1.165, 1.54) is 24.3 Å². The quantitative estimate of drug-likeness (QED) is 0.265. The van der Waals surface area contributed by atoms with Gasteiger partial charge in [-0.15, -0.1) is 0 Å². The molecule has 0 aromatic heterocycles. The Morgan fingerprint density at radius 2 is 1.80 bits per heavy atom. The van der Waals surface area contributed by atoms with Crippen molar-refractivity contribution < 1.29 is 60.6 Å². The monoisotopic (exact) mass is 268 g/mol. The molecule has 0 aliphatic heterocycles. The number of nitrogens with one attached hydrogen (secondary N) is 2. The van der Waals surface area contributed by atoms with E-state index < -0.39 is 11.7 Å². The topological polar surface area (TPSA) is 41.1 Å². The molecule has 0 saturated heterocycles. The van der Waals surface area contributed by atoms with Crippen LogP contribution in [0.25, 0.3) is 0 Å². The maximum absolute atomic E-state index is 12.5. The van der Waals surface area contributed by atoms with E-state index in [0.29, 0.717) is 5.56 Å². The minimum atomic E-state index is -0.419. The molecule has 15 heavy (non-hydrogen) atoms. The number of rotatable bonds is 1. The summed E-state index contributed by atoms with van der Waals surface area (Å²) >= 11 is 9.03. The molecular weight excluding hydrogens is 262 g/mol. The number of hydrogen-bond donors (Lipinski definition) is 2. The van der Waals surface area contributed by atoms with Gasteiger partial charge in [-0.05, 0) is 28.6 Å². The summed E-state index contributed by atoms with van der Waals surface area (Å²) in [6, 6.07) is 5.11. The van der Waals surface area contributed by atoms with Gasteiger partial charge in [0.1, 0.15) is 5.82 Å². The molecule has 3 nitrogen and oxygen atoms in total. The van der Waals surface area contributed by atoms with Gasteiger partial charge in [0.25, 0.3) is 5.91 Å². The fourth-order valence-corrected chi connectivity index (χ4v) is 0.883. The number of amides is 1. The second-order valence-corrected chi connectivity index (χ2v) is 3.45. The molecule has 0 spiro atoms. The maximum atomic E-state index is 12.5. The van der Waals surface area contributed by atoms with E-state index in [-0.39, 0.29) is 55.7 Å². The summed E-state index contributed by atoms with van der Waals surface area (Å²) in [6.07, 6.45) is 0. The SMILES string of the molecule is O=C(NNC(=S)[S-])c1ccc(F)cc1.[K+]. The summed E-state index contributed by atoms with van der Waals surface area (Å²) in [5.41, 5.74) is 4.90. The van der Waals surface area contributed by atoms with E-state index in [1.54, 1.807) is 0 Å². The molecule has 0 saturated carbocycles. The van der Waals surface area contributed by atoms with Gasteiger partial charge in [-0.1, -0.05) is 0 Å². The van der Waals surface area contributed by atoms with Crippen molar-refractivity contribution in [2.75, 3.05) is 0 Å². The Hall–Kier alpha value is 0.366. The molecule has 0 aliphatic carbocycles. The van der Waals surface area contributed by atoms with Crippen LogP contribution >= 0.6 is 12.2 Å². The molecule has 2 N–H and O–H groups in total. The first-order valence-electron chi connectivity index (χ1n) is 3.62. The average molecular weight is 268 g/mol. The summed E-state index contributed by atoms with van der Waals surface area (Å²) in [5.74, 6) is -0.814. The second kappa shape index (κ2) is 7.61. The van der Waals surface area contributed by atoms with Crippen LogP contribution in [-0.2, 0) is 12.6 Å². The molecule has 0 aliphatic rings. The van der Waals surface area contributed by atoms with Crippen LogP contribution in [-0.4, -0.2) is 10.2 Å². The van der Waals surface area contributed by atoms with Gasteiger partial charge < -0.3 is 30.3 Å². The third-order valence-electron chi connectivity index (χ3n) is 1.38. The molecule has 1 rings (SSSR count). The van der Waals surface area contributed by atoms with Crippen LogP contribution in [0.5, 0.6) is 0 Å².